The molecule has 1 heterocycles. The van der Waals surface area contributed by atoms with Crippen molar-refractivity contribution in [1.29, 1.82) is 0 Å². The molecule has 3 rings (SSSR count). The lowest BCUT2D eigenvalue weighted by molar-refractivity contribution is 0.0935. The average Bonchev–Trinajstić information content (AvgIpc) is 2.79. The first-order valence-electron chi connectivity index (χ1n) is 10.3. The number of amides is 1. The molecule has 0 spiro atoms. The summed E-state index contributed by atoms with van der Waals surface area (Å²) in [6.07, 6.45) is 0.794. The Morgan fingerprint density at radius 1 is 1.17 bits per heavy atom. The summed E-state index contributed by atoms with van der Waals surface area (Å²) in [5, 5.41) is 9.53. The summed E-state index contributed by atoms with van der Waals surface area (Å²) in [6, 6.07) is 15.4. The molecule has 1 amide bonds. The van der Waals surface area contributed by atoms with Crippen LogP contribution in [0.3, 0.4) is 0 Å². The fraction of sp³-hybridized carbons (Fsp3) is 0.391. The highest BCUT2D eigenvalue weighted by Gasteiger charge is 2.20. The van der Waals surface area contributed by atoms with Gasteiger partial charge in [-0.25, -0.2) is 0 Å². The lowest BCUT2D eigenvalue weighted by atomic mass is 10.1. The van der Waals surface area contributed by atoms with E-state index < -0.39 is 0 Å². The molecule has 30 heavy (non-hydrogen) atoms. The van der Waals surface area contributed by atoms with Gasteiger partial charge in [0, 0.05) is 25.2 Å². The van der Waals surface area contributed by atoms with Crippen molar-refractivity contribution < 1.29 is 14.3 Å². The average molecular weight is 411 g/mol. The number of guanidine groups is 1. The molecular weight excluding hydrogens is 380 g/mol. The molecule has 160 valence electrons. The maximum Gasteiger partial charge on any atom is 0.251 e. The third-order valence-electron chi connectivity index (χ3n) is 4.93. The maximum atomic E-state index is 12.3. The number of para-hydroxylation sites is 2. The highest BCUT2D eigenvalue weighted by molar-refractivity contribution is 5.94. The first kappa shape index (κ1) is 21.5. The van der Waals surface area contributed by atoms with E-state index in [2.05, 4.69) is 20.9 Å². The summed E-state index contributed by atoms with van der Waals surface area (Å²) in [7, 11) is 1.72. The van der Waals surface area contributed by atoms with Crippen molar-refractivity contribution in [2.24, 2.45) is 4.99 Å². The van der Waals surface area contributed by atoms with Crippen LogP contribution in [0.15, 0.2) is 53.5 Å². The van der Waals surface area contributed by atoms with Crippen LogP contribution in [0.4, 0.5) is 0 Å². The summed E-state index contributed by atoms with van der Waals surface area (Å²) in [5.41, 5.74) is 1.66. The third kappa shape index (κ3) is 5.89. The van der Waals surface area contributed by atoms with E-state index in [-0.39, 0.29) is 18.1 Å². The minimum Gasteiger partial charge on any atom is -0.486 e. The van der Waals surface area contributed by atoms with Gasteiger partial charge in [0.05, 0.1) is 6.54 Å². The number of carbonyl (C=O) groups excluding carboxylic acids is 1. The van der Waals surface area contributed by atoms with E-state index >= 15 is 0 Å². The highest BCUT2D eigenvalue weighted by atomic mass is 16.6. The lowest BCUT2D eigenvalue weighted by Crippen LogP contribution is -2.45. The summed E-state index contributed by atoms with van der Waals surface area (Å²) >= 11 is 0. The van der Waals surface area contributed by atoms with Gasteiger partial charge < -0.3 is 25.4 Å². The summed E-state index contributed by atoms with van der Waals surface area (Å²) in [4.78, 5) is 16.6. The van der Waals surface area contributed by atoms with Gasteiger partial charge in [-0.3, -0.25) is 9.79 Å². The Kier molecular flexibility index (Phi) is 7.54. The predicted molar refractivity (Wildman–Crippen MR) is 118 cm³/mol. The van der Waals surface area contributed by atoms with Gasteiger partial charge in [0.15, 0.2) is 17.5 Å². The van der Waals surface area contributed by atoms with Crippen LogP contribution in [0.2, 0.25) is 0 Å². The molecule has 0 aromatic heterocycles. The van der Waals surface area contributed by atoms with E-state index in [0.29, 0.717) is 31.2 Å². The van der Waals surface area contributed by atoms with Gasteiger partial charge in [0.25, 0.3) is 5.91 Å². The van der Waals surface area contributed by atoms with Crippen LogP contribution in [-0.2, 0) is 6.54 Å². The van der Waals surface area contributed by atoms with E-state index in [1.807, 2.05) is 62.4 Å². The summed E-state index contributed by atoms with van der Waals surface area (Å²) < 4.78 is 11.7. The summed E-state index contributed by atoms with van der Waals surface area (Å²) in [5.74, 6) is 2.13. The molecule has 0 aliphatic carbocycles. The molecule has 0 saturated carbocycles. The minimum atomic E-state index is -0.106. The molecule has 2 atom stereocenters. The van der Waals surface area contributed by atoms with Crippen LogP contribution >= 0.6 is 0 Å². The van der Waals surface area contributed by atoms with Crippen molar-refractivity contribution in [3.8, 4) is 11.5 Å². The van der Waals surface area contributed by atoms with Gasteiger partial charge in [-0.05, 0) is 43.2 Å². The zero-order valence-corrected chi connectivity index (χ0v) is 17.8. The van der Waals surface area contributed by atoms with Gasteiger partial charge in [-0.15, -0.1) is 0 Å². The van der Waals surface area contributed by atoms with Crippen molar-refractivity contribution in [2.75, 3.05) is 20.2 Å². The van der Waals surface area contributed by atoms with Crippen LogP contribution in [0, 0.1) is 0 Å². The topological polar surface area (TPSA) is 84.0 Å². The molecule has 2 aromatic carbocycles. The zero-order valence-electron chi connectivity index (χ0n) is 17.8. The largest absolute Gasteiger partial charge is 0.486 e. The maximum absolute atomic E-state index is 12.3. The molecule has 7 heteroatoms. The van der Waals surface area contributed by atoms with E-state index in [0.717, 1.165) is 23.5 Å². The first-order valence-corrected chi connectivity index (χ1v) is 10.3. The van der Waals surface area contributed by atoms with Crippen molar-refractivity contribution >= 4 is 11.9 Å². The monoisotopic (exact) mass is 410 g/mol. The van der Waals surface area contributed by atoms with Crippen molar-refractivity contribution in [2.45, 2.75) is 39.0 Å². The van der Waals surface area contributed by atoms with E-state index in [4.69, 9.17) is 9.47 Å². The van der Waals surface area contributed by atoms with E-state index in [9.17, 15) is 4.79 Å². The Labute approximate surface area is 177 Å². The smallest absolute Gasteiger partial charge is 0.251 e. The van der Waals surface area contributed by atoms with Crippen molar-refractivity contribution in [3.63, 3.8) is 0 Å². The number of carbonyl (C=O) groups is 1. The number of aliphatic imine (C=N–C) groups is 1. The fourth-order valence-electron chi connectivity index (χ4n) is 3.01. The normalized spacial score (nSPS) is 16.5. The van der Waals surface area contributed by atoms with Gasteiger partial charge >= 0.3 is 0 Å². The van der Waals surface area contributed by atoms with Crippen LogP contribution < -0.4 is 25.4 Å². The van der Waals surface area contributed by atoms with E-state index in [1.165, 1.54) is 0 Å². The predicted octanol–water partition coefficient (Wildman–Crippen LogP) is 2.72. The SMILES string of the molecule is CCC(C)NC(=O)c1cccc(CNC(=NC)NCC2COc3ccccc3O2)c1. The molecule has 2 unspecified atom stereocenters. The molecule has 0 radical (unpaired) electrons. The number of nitrogens with one attached hydrogen (secondary N) is 3. The number of hydrogen-bond acceptors (Lipinski definition) is 4. The standard InChI is InChI=1S/C23H30N4O3/c1-4-16(2)27-22(28)18-9-7-8-17(12-18)13-25-23(24-3)26-14-19-15-29-20-10-5-6-11-21(20)30-19/h5-12,16,19H,4,13-15H2,1-3H3,(H,27,28)(H2,24,25,26). The van der Waals surface area contributed by atoms with Gasteiger partial charge in [-0.2, -0.15) is 0 Å². The molecule has 2 aromatic rings. The van der Waals surface area contributed by atoms with Gasteiger partial charge in [-0.1, -0.05) is 31.2 Å². The number of rotatable bonds is 7. The molecule has 1 aliphatic rings. The van der Waals surface area contributed by atoms with E-state index in [1.54, 1.807) is 7.05 Å². The lowest BCUT2D eigenvalue weighted by Gasteiger charge is -2.27. The van der Waals surface area contributed by atoms with Gasteiger partial charge in [0.1, 0.15) is 12.7 Å². The molecule has 1 aliphatic heterocycles. The molecule has 0 saturated heterocycles. The second kappa shape index (κ2) is 10.5. The minimum absolute atomic E-state index is 0.0524. The quantitative estimate of drug-likeness (QED) is 0.483. The van der Waals surface area contributed by atoms with Crippen LogP contribution in [0.1, 0.15) is 36.2 Å². The third-order valence-corrected chi connectivity index (χ3v) is 4.93. The fourth-order valence-corrected chi connectivity index (χ4v) is 3.01. The first-order chi connectivity index (χ1) is 14.6. The van der Waals surface area contributed by atoms with Crippen LogP contribution in [0.5, 0.6) is 11.5 Å². The zero-order chi connectivity index (χ0) is 21.3. The molecule has 0 bridgehead atoms. The second-order valence-corrected chi connectivity index (χ2v) is 7.29. The number of ether oxygens (including phenoxy) is 2. The van der Waals surface area contributed by atoms with Crippen molar-refractivity contribution in [3.05, 3.63) is 59.7 Å². The number of fused-ring (bicyclic) bond motifs is 1. The number of benzene rings is 2. The molecule has 7 nitrogen and oxygen atoms in total. The molecule has 0 fully saturated rings. The Hall–Kier alpha value is -3.22. The van der Waals surface area contributed by atoms with Crippen LogP contribution in [-0.4, -0.2) is 44.2 Å². The second-order valence-electron chi connectivity index (χ2n) is 7.29. The molecule has 3 N–H and O–H groups in total. The highest BCUT2D eigenvalue weighted by Crippen LogP contribution is 2.30. The molecular formula is C23H30N4O3. The Morgan fingerprint density at radius 3 is 2.73 bits per heavy atom. The summed E-state index contributed by atoms with van der Waals surface area (Å²) in [6.45, 7) is 5.64. The number of hydrogen-bond donors (Lipinski definition) is 3. The van der Waals surface area contributed by atoms with Crippen LogP contribution in [0.25, 0.3) is 0 Å². The Morgan fingerprint density at radius 2 is 1.97 bits per heavy atom. The van der Waals surface area contributed by atoms with Crippen molar-refractivity contribution in [1.82, 2.24) is 16.0 Å². The van der Waals surface area contributed by atoms with Gasteiger partial charge in [0.2, 0.25) is 0 Å². The number of nitrogens with zero attached hydrogens (tertiary/aromatic N) is 1. The Balaban J connectivity index is 1.49. The Bertz CT molecular complexity index is 884.